The zero-order chi connectivity index (χ0) is 32.2. The maximum Gasteiger partial charge on any atom is 0.0574 e. The Balaban J connectivity index is 0.00000150. The molecule has 5 nitrogen and oxygen atoms in total. The van der Waals surface area contributed by atoms with Crippen molar-refractivity contribution >= 4 is 22.6 Å². The van der Waals surface area contributed by atoms with Crippen LogP contribution < -0.4 is 16.0 Å². The van der Waals surface area contributed by atoms with Gasteiger partial charge in [-0.15, -0.1) is 26.3 Å². The van der Waals surface area contributed by atoms with E-state index in [4.69, 9.17) is 0 Å². The predicted molar refractivity (Wildman–Crippen MR) is 190 cm³/mol. The average Bonchev–Trinajstić information content (AvgIpc) is 3.87. The summed E-state index contributed by atoms with van der Waals surface area (Å²) in [5.74, 6) is 1.42. The van der Waals surface area contributed by atoms with Crippen LogP contribution in [0.1, 0.15) is 58.7 Å². The van der Waals surface area contributed by atoms with Gasteiger partial charge in [-0.05, 0) is 73.1 Å². The van der Waals surface area contributed by atoms with E-state index in [9.17, 15) is 0 Å². The fraction of sp³-hybridized carbons (Fsp3) is 0.297. The number of allylic oxidation sites excluding steroid dienone is 2. The zero-order valence-electron chi connectivity index (χ0n) is 27.1. The second kappa shape index (κ2) is 20.5. The van der Waals surface area contributed by atoms with Crippen LogP contribution in [0.3, 0.4) is 0 Å². The Morgan fingerprint density at radius 2 is 1.43 bits per heavy atom. The molecule has 1 aromatic carbocycles. The Morgan fingerprint density at radius 1 is 0.810 bits per heavy atom. The molecule has 2 heterocycles. The van der Waals surface area contributed by atoms with Crippen molar-refractivity contribution in [3.63, 3.8) is 0 Å². The molecular formula is C37H53N5. The van der Waals surface area contributed by atoms with Gasteiger partial charge in [-0.2, -0.15) is 0 Å². The summed E-state index contributed by atoms with van der Waals surface area (Å²) < 4.78 is 0. The van der Waals surface area contributed by atoms with Crippen molar-refractivity contribution in [1.82, 2.24) is 9.97 Å². The van der Waals surface area contributed by atoms with Crippen LogP contribution in [0.25, 0.3) is 16.7 Å². The van der Waals surface area contributed by atoms with Crippen molar-refractivity contribution in [1.29, 1.82) is 0 Å². The summed E-state index contributed by atoms with van der Waals surface area (Å²) >= 11 is 0. The molecule has 42 heavy (non-hydrogen) atoms. The number of nitrogens with one attached hydrogen (secondary N) is 3. The van der Waals surface area contributed by atoms with Gasteiger partial charge in [0.1, 0.15) is 0 Å². The van der Waals surface area contributed by atoms with Crippen molar-refractivity contribution in [3.8, 4) is 11.1 Å². The molecule has 4 rings (SSSR count). The predicted octanol–water partition coefficient (Wildman–Crippen LogP) is 10.8. The molecule has 0 saturated heterocycles. The molecule has 0 bridgehead atoms. The van der Waals surface area contributed by atoms with Crippen molar-refractivity contribution in [2.45, 2.75) is 54.4 Å². The molecule has 226 valence electrons. The summed E-state index contributed by atoms with van der Waals surface area (Å²) in [5, 5.41) is 9.97. The van der Waals surface area contributed by atoms with E-state index in [1.165, 1.54) is 12.8 Å². The summed E-state index contributed by atoms with van der Waals surface area (Å²) in [6.45, 7) is 37.1. The van der Waals surface area contributed by atoms with Gasteiger partial charge in [-0.25, -0.2) is 0 Å². The lowest BCUT2D eigenvalue weighted by atomic mass is 9.97. The second-order valence-electron chi connectivity index (χ2n) is 9.90. The SMILES string of the molecule is C=C.C=C.C=C(Nc1ccc(C)nc1)C(=C)c1cc(-c2cncc(NC(=C)C3CC3)c2)ccc1NC.CC.CC(C)C. The third-order valence-electron chi connectivity index (χ3n) is 5.63. The highest BCUT2D eigenvalue weighted by Gasteiger charge is 2.24. The summed E-state index contributed by atoms with van der Waals surface area (Å²) in [5.41, 5.74) is 9.43. The third kappa shape index (κ3) is 12.9. The number of anilines is 3. The van der Waals surface area contributed by atoms with Crippen LogP contribution in [-0.2, 0) is 0 Å². The van der Waals surface area contributed by atoms with E-state index in [1.807, 2.05) is 52.3 Å². The minimum atomic E-state index is 0.589. The lowest BCUT2D eigenvalue weighted by molar-refractivity contribution is 0.737. The van der Waals surface area contributed by atoms with E-state index in [2.05, 4.69) is 117 Å². The van der Waals surface area contributed by atoms with Gasteiger partial charge in [0.05, 0.1) is 23.8 Å². The highest BCUT2D eigenvalue weighted by atomic mass is 14.9. The van der Waals surface area contributed by atoms with Crippen LogP contribution >= 0.6 is 0 Å². The first kappa shape index (κ1) is 37.6. The van der Waals surface area contributed by atoms with Gasteiger partial charge in [0.15, 0.2) is 0 Å². The van der Waals surface area contributed by atoms with Crippen LogP contribution in [0.4, 0.5) is 17.1 Å². The van der Waals surface area contributed by atoms with Crippen LogP contribution in [0.5, 0.6) is 0 Å². The maximum atomic E-state index is 4.43. The summed E-state index contributed by atoms with van der Waals surface area (Å²) in [7, 11) is 1.90. The normalized spacial score (nSPS) is 10.9. The molecule has 0 radical (unpaired) electrons. The zero-order valence-corrected chi connectivity index (χ0v) is 27.1. The lowest BCUT2D eigenvalue weighted by Gasteiger charge is -2.17. The fourth-order valence-corrected chi connectivity index (χ4v) is 3.53. The van der Waals surface area contributed by atoms with Crippen LogP contribution in [0.2, 0.25) is 0 Å². The molecule has 0 spiro atoms. The average molecular weight is 568 g/mol. The number of pyridine rings is 2. The van der Waals surface area contributed by atoms with Gasteiger partial charge in [0.25, 0.3) is 0 Å². The fourth-order valence-electron chi connectivity index (χ4n) is 3.53. The molecule has 5 heteroatoms. The van der Waals surface area contributed by atoms with E-state index in [0.717, 1.165) is 62.3 Å². The molecule has 0 atom stereocenters. The molecule has 2 aromatic heterocycles. The molecule has 0 unspecified atom stereocenters. The summed E-state index contributed by atoms with van der Waals surface area (Å²) in [6.07, 6.45) is 7.93. The number of rotatable bonds is 9. The molecule has 1 aliphatic carbocycles. The molecular weight excluding hydrogens is 514 g/mol. The van der Waals surface area contributed by atoms with Crippen LogP contribution in [0.15, 0.2) is 112 Å². The smallest absolute Gasteiger partial charge is 0.0574 e. The molecule has 1 fully saturated rings. The van der Waals surface area contributed by atoms with E-state index in [-0.39, 0.29) is 0 Å². The second-order valence-corrected chi connectivity index (χ2v) is 9.90. The quantitative estimate of drug-likeness (QED) is 0.177. The first-order valence-electron chi connectivity index (χ1n) is 14.5. The molecule has 3 aromatic rings. The number of aryl methyl sites for hydroxylation is 1. The first-order valence-corrected chi connectivity index (χ1v) is 14.5. The van der Waals surface area contributed by atoms with E-state index >= 15 is 0 Å². The van der Waals surface area contributed by atoms with E-state index in [0.29, 0.717) is 5.92 Å². The highest BCUT2D eigenvalue weighted by Crippen LogP contribution is 2.37. The molecule has 1 aliphatic rings. The number of hydrogen-bond donors (Lipinski definition) is 3. The van der Waals surface area contributed by atoms with Crippen molar-refractivity contribution in [2.75, 3.05) is 23.0 Å². The standard InChI is InChI=1S/C27H29N5.C4H10.C2H6.2C2H4/c1-17-6-10-24(16-30-17)31-19(3)18(2)26-13-22(9-11-27(26)28-5)23-12-25(15-29-14-23)32-20(4)21-7-8-21;1-4(2)3;3*1-2/h6,9-16,21,28,31-32H,2-4,7-8H2,1,5H3;4H,1-3H3;1-2H3;2*1-2H2. The van der Waals surface area contributed by atoms with Crippen molar-refractivity contribution in [2.24, 2.45) is 11.8 Å². The lowest BCUT2D eigenvalue weighted by Crippen LogP contribution is -2.03. The van der Waals surface area contributed by atoms with Gasteiger partial charge in [-0.3, -0.25) is 9.97 Å². The summed E-state index contributed by atoms with van der Waals surface area (Å²) in [6, 6.07) is 12.3. The largest absolute Gasteiger partial charge is 0.388 e. The van der Waals surface area contributed by atoms with Crippen molar-refractivity contribution in [3.05, 3.63) is 124 Å². The topological polar surface area (TPSA) is 61.9 Å². The maximum absolute atomic E-state index is 4.43. The van der Waals surface area contributed by atoms with E-state index < -0.39 is 0 Å². The molecule has 0 amide bonds. The van der Waals surface area contributed by atoms with Gasteiger partial charge in [0.2, 0.25) is 0 Å². The van der Waals surface area contributed by atoms with Gasteiger partial charge >= 0.3 is 0 Å². The van der Waals surface area contributed by atoms with Gasteiger partial charge in [-0.1, -0.05) is 60.4 Å². The molecule has 1 saturated carbocycles. The minimum absolute atomic E-state index is 0.589. The number of hydrogen-bond acceptors (Lipinski definition) is 5. The Labute approximate surface area is 256 Å². The summed E-state index contributed by atoms with van der Waals surface area (Å²) in [4.78, 5) is 8.76. The Bertz CT molecular complexity index is 1250. The highest BCUT2D eigenvalue weighted by molar-refractivity contribution is 5.88. The number of benzene rings is 1. The Morgan fingerprint density at radius 3 is 1.95 bits per heavy atom. The molecule has 3 N–H and O–H groups in total. The minimum Gasteiger partial charge on any atom is -0.388 e. The Kier molecular flexibility index (Phi) is 18.4. The monoisotopic (exact) mass is 567 g/mol. The molecule has 0 aliphatic heterocycles. The van der Waals surface area contributed by atoms with E-state index in [1.54, 1.807) is 6.20 Å². The van der Waals surface area contributed by atoms with Crippen LogP contribution in [0, 0.1) is 18.8 Å². The Hall–Kier alpha value is -4.38. The number of aromatic nitrogens is 2. The van der Waals surface area contributed by atoms with Gasteiger partial charge in [0, 0.05) is 47.1 Å². The third-order valence-corrected chi connectivity index (χ3v) is 5.63. The van der Waals surface area contributed by atoms with Gasteiger partial charge < -0.3 is 16.0 Å². The first-order chi connectivity index (χ1) is 20.2. The van der Waals surface area contributed by atoms with Crippen molar-refractivity contribution < 1.29 is 0 Å². The number of nitrogens with zero attached hydrogens (tertiary/aromatic N) is 2. The van der Waals surface area contributed by atoms with Crippen LogP contribution in [-0.4, -0.2) is 17.0 Å².